The summed E-state index contributed by atoms with van der Waals surface area (Å²) in [6, 6.07) is 7.05. The van der Waals surface area contributed by atoms with E-state index in [1.165, 1.54) is 0 Å². The Kier molecular flexibility index (Phi) is 5.10. The van der Waals surface area contributed by atoms with Gasteiger partial charge in [0.15, 0.2) is 6.61 Å². The van der Waals surface area contributed by atoms with Gasteiger partial charge in [0.2, 0.25) is 11.7 Å². The molecule has 7 nitrogen and oxygen atoms in total. The highest BCUT2D eigenvalue weighted by atomic mass is 16.5. The molecule has 0 bridgehead atoms. The molecule has 7 heteroatoms. The van der Waals surface area contributed by atoms with E-state index in [4.69, 9.17) is 14.0 Å². The van der Waals surface area contributed by atoms with Gasteiger partial charge in [-0.25, -0.2) is 0 Å². The molecule has 0 spiro atoms. The number of benzene rings is 1. The predicted molar refractivity (Wildman–Crippen MR) is 85.7 cm³/mol. The lowest BCUT2D eigenvalue weighted by molar-refractivity contribution is 0.0710. The zero-order valence-electron chi connectivity index (χ0n) is 13.8. The summed E-state index contributed by atoms with van der Waals surface area (Å²) in [6.45, 7) is 4.57. The van der Waals surface area contributed by atoms with Crippen LogP contribution in [0, 0.1) is 6.92 Å². The van der Waals surface area contributed by atoms with Crippen LogP contribution in [0.15, 0.2) is 28.8 Å². The zero-order valence-corrected chi connectivity index (χ0v) is 13.8. The summed E-state index contributed by atoms with van der Waals surface area (Å²) < 4.78 is 16.2. The van der Waals surface area contributed by atoms with Gasteiger partial charge in [-0.15, -0.1) is 0 Å². The number of carbonyl (C=O) groups is 1. The number of para-hydroxylation sites is 1. The first-order chi connectivity index (χ1) is 11.6. The number of hydrogen-bond acceptors (Lipinski definition) is 6. The van der Waals surface area contributed by atoms with Gasteiger partial charge in [0.05, 0.1) is 17.7 Å². The molecule has 128 valence electrons. The molecule has 0 unspecified atom stereocenters. The van der Waals surface area contributed by atoms with Crippen LogP contribution in [-0.4, -0.2) is 34.8 Å². The van der Waals surface area contributed by atoms with E-state index >= 15 is 0 Å². The van der Waals surface area contributed by atoms with Gasteiger partial charge in [-0.2, -0.15) is 4.98 Å². The Bertz CT molecular complexity index is 695. The molecule has 0 saturated carbocycles. The van der Waals surface area contributed by atoms with Crippen molar-refractivity contribution in [3.63, 3.8) is 0 Å². The highest BCUT2D eigenvalue weighted by molar-refractivity contribution is 5.97. The summed E-state index contributed by atoms with van der Waals surface area (Å²) in [5.74, 6) is 1.22. The number of ether oxygens (including phenoxy) is 2. The van der Waals surface area contributed by atoms with Gasteiger partial charge in [-0.1, -0.05) is 17.3 Å². The van der Waals surface area contributed by atoms with Crippen molar-refractivity contribution in [2.24, 2.45) is 0 Å². The van der Waals surface area contributed by atoms with E-state index in [1.807, 2.05) is 13.0 Å². The van der Waals surface area contributed by atoms with Crippen LogP contribution in [0.4, 0.5) is 0 Å². The van der Waals surface area contributed by atoms with Crippen LogP contribution in [0.5, 0.6) is 5.75 Å². The van der Waals surface area contributed by atoms with Crippen LogP contribution in [0.3, 0.4) is 0 Å². The Morgan fingerprint density at radius 1 is 1.46 bits per heavy atom. The minimum absolute atomic E-state index is 0.0482. The van der Waals surface area contributed by atoms with Gasteiger partial charge in [-0.05, 0) is 31.9 Å². The maximum Gasteiger partial charge on any atom is 0.255 e. The fourth-order valence-corrected chi connectivity index (χ4v) is 2.70. The Morgan fingerprint density at radius 3 is 3.00 bits per heavy atom. The van der Waals surface area contributed by atoms with E-state index in [1.54, 1.807) is 25.1 Å². The van der Waals surface area contributed by atoms with E-state index in [2.05, 4.69) is 15.5 Å². The first-order valence-corrected chi connectivity index (χ1v) is 8.07. The maximum atomic E-state index is 12.6. The van der Waals surface area contributed by atoms with Crippen molar-refractivity contribution in [1.82, 2.24) is 15.5 Å². The smallest absolute Gasteiger partial charge is 0.255 e. The van der Waals surface area contributed by atoms with Gasteiger partial charge < -0.3 is 19.3 Å². The molecule has 1 amide bonds. The zero-order chi connectivity index (χ0) is 16.9. The number of nitrogens with one attached hydrogen (secondary N) is 1. The van der Waals surface area contributed by atoms with Gasteiger partial charge >= 0.3 is 0 Å². The highest BCUT2D eigenvalue weighted by Crippen LogP contribution is 2.20. The molecule has 0 radical (unpaired) electrons. The fourth-order valence-electron chi connectivity index (χ4n) is 2.70. The van der Waals surface area contributed by atoms with Crippen LogP contribution in [0.25, 0.3) is 0 Å². The molecule has 1 aliphatic heterocycles. The van der Waals surface area contributed by atoms with E-state index in [0.29, 0.717) is 23.0 Å². The SMILES string of the molecule is Cc1nc(COc2ccccc2C(=O)N[C@@H](C)[C@H]2CCCO2)no1. The van der Waals surface area contributed by atoms with Gasteiger partial charge in [0.25, 0.3) is 5.91 Å². The van der Waals surface area contributed by atoms with E-state index < -0.39 is 0 Å². The number of nitrogens with zero attached hydrogens (tertiary/aromatic N) is 2. The lowest BCUT2D eigenvalue weighted by atomic mass is 10.1. The predicted octanol–water partition coefficient (Wildman–Crippen LogP) is 2.25. The Hall–Kier alpha value is -2.41. The first-order valence-electron chi connectivity index (χ1n) is 8.07. The average Bonchev–Trinajstić information content (AvgIpc) is 3.24. The number of amides is 1. The minimum atomic E-state index is -0.183. The molecule has 1 fully saturated rings. The van der Waals surface area contributed by atoms with Crippen molar-refractivity contribution in [3.05, 3.63) is 41.5 Å². The monoisotopic (exact) mass is 331 g/mol. The molecule has 2 heterocycles. The molecule has 1 aromatic heterocycles. The first kappa shape index (κ1) is 16.4. The second-order valence-corrected chi connectivity index (χ2v) is 5.83. The van der Waals surface area contributed by atoms with Crippen molar-refractivity contribution < 1.29 is 18.8 Å². The normalized spacial score (nSPS) is 18.3. The van der Waals surface area contributed by atoms with Crippen molar-refractivity contribution in [3.8, 4) is 5.75 Å². The average molecular weight is 331 g/mol. The fraction of sp³-hybridized carbons (Fsp3) is 0.471. The quantitative estimate of drug-likeness (QED) is 0.874. The molecule has 2 atom stereocenters. The van der Waals surface area contributed by atoms with Gasteiger partial charge in [-0.3, -0.25) is 4.79 Å². The number of aryl methyl sites for hydroxylation is 1. The van der Waals surface area contributed by atoms with E-state index in [0.717, 1.165) is 19.4 Å². The third-order valence-electron chi connectivity index (χ3n) is 3.94. The standard InChI is InChI=1S/C17H21N3O4/c1-11(14-8-5-9-22-14)18-17(21)13-6-3-4-7-15(13)23-10-16-19-12(2)24-20-16/h3-4,6-7,11,14H,5,8-10H2,1-2H3,(H,18,21)/t11-,14+/m0/s1. The second kappa shape index (κ2) is 7.44. The Morgan fingerprint density at radius 2 is 2.29 bits per heavy atom. The van der Waals surface area contributed by atoms with Crippen molar-refractivity contribution in [2.45, 2.75) is 45.4 Å². The summed E-state index contributed by atoms with van der Waals surface area (Å²) in [5.41, 5.74) is 0.475. The summed E-state index contributed by atoms with van der Waals surface area (Å²) in [4.78, 5) is 16.6. The summed E-state index contributed by atoms with van der Waals surface area (Å²) in [6.07, 6.45) is 2.08. The summed E-state index contributed by atoms with van der Waals surface area (Å²) in [7, 11) is 0. The van der Waals surface area contributed by atoms with Crippen molar-refractivity contribution in [2.75, 3.05) is 6.61 Å². The molecule has 24 heavy (non-hydrogen) atoms. The molecular formula is C17H21N3O4. The third kappa shape index (κ3) is 3.91. The molecule has 1 aromatic carbocycles. The second-order valence-electron chi connectivity index (χ2n) is 5.83. The summed E-state index contributed by atoms with van der Waals surface area (Å²) >= 11 is 0. The highest BCUT2D eigenvalue weighted by Gasteiger charge is 2.25. The van der Waals surface area contributed by atoms with Crippen molar-refractivity contribution in [1.29, 1.82) is 0 Å². The Balaban J connectivity index is 1.65. The van der Waals surface area contributed by atoms with Crippen LogP contribution in [0.1, 0.15) is 41.8 Å². The van der Waals surface area contributed by atoms with Gasteiger partial charge in [0, 0.05) is 13.5 Å². The largest absolute Gasteiger partial charge is 0.485 e. The van der Waals surface area contributed by atoms with Crippen LogP contribution in [-0.2, 0) is 11.3 Å². The minimum Gasteiger partial charge on any atom is -0.485 e. The summed E-state index contributed by atoms with van der Waals surface area (Å²) in [5, 5.41) is 6.76. The number of carbonyl (C=O) groups excluding carboxylic acids is 1. The molecule has 2 aromatic rings. The topological polar surface area (TPSA) is 86.5 Å². The number of hydrogen-bond donors (Lipinski definition) is 1. The lowest BCUT2D eigenvalue weighted by Crippen LogP contribution is -2.40. The maximum absolute atomic E-state index is 12.6. The van der Waals surface area contributed by atoms with Crippen molar-refractivity contribution >= 4 is 5.91 Å². The molecular weight excluding hydrogens is 310 g/mol. The number of rotatable bonds is 6. The third-order valence-corrected chi connectivity index (χ3v) is 3.94. The van der Waals surface area contributed by atoms with E-state index in [-0.39, 0.29) is 24.7 Å². The number of aromatic nitrogens is 2. The molecule has 1 aliphatic rings. The van der Waals surface area contributed by atoms with E-state index in [9.17, 15) is 4.79 Å². The Labute approximate surface area is 140 Å². The van der Waals surface area contributed by atoms with Crippen LogP contribution >= 0.6 is 0 Å². The van der Waals surface area contributed by atoms with Crippen LogP contribution < -0.4 is 10.1 Å². The van der Waals surface area contributed by atoms with Gasteiger partial charge in [0.1, 0.15) is 5.75 Å². The lowest BCUT2D eigenvalue weighted by Gasteiger charge is -2.20. The van der Waals surface area contributed by atoms with Crippen LogP contribution in [0.2, 0.25) is 0 Å². The molecule has 1 N–H and O–H groups in total. The molecule has 1 saturated heterocycles. The molecule has 3 rings (SSSR count). The molecule has 0 aliphatic carbocycles.